The summed E-state index contributed by atoms with van der Waals surface area (Å²) in [5, 5.41) is 20.8. The summed E-state index contributed by atoms with van der Waals surface area (Å²) < 4.78 is 3.31. The van der Waals surface area contributed by atoms with E-state index in [2.05, 4.69) is 13.8 Å². The minimum Gasteiger partial charge on any atom is -0.545 e. The molecule has 0 aliphatic heterocycles. The first-order valence-electron chi connectivity index (χ1n) is 12.4. The Kier molecular flexibility index (Phi) is 21.9. The van der Waals surface area contributed by atoms with Crippen molar-refractivity contribution in [2.45, 2.75) is 106 Å². The molecule has 1 aromatic rings. The molecule has 178 valence electrons. The monoisotopic (exact) mass is 550 g/mol. The van der Waals surface area contributed by atoms with Gasteiger partial charge < -0.3 is 19.8 Å². The van der Waals surface area contributed by atoms with Crippen LogP contribution in [-0.2, 0) is 16.0 Å². The molecule has 0 atom stereocenters. The van der Waals surface area contributed by atoms with Crippen molar-refractivity contribution >= 4 is 33.1 Å². The van der Waals surface area contributed by atoms with E-state index >= 15 is 0 Å². The van der Waals surface area contributed by atoms with Crippen LogP contribution < -0.4 is 10.2 Å². The summed E-state index contributed by atoms with van der Waals surface area (Å²) in [6.07, 6.45) is 18.4. The van der Waals surface area contributed by atoms with Crippen molar-refractivity contribution in [3.05, 3.63) is 47.5 Å². The van der Waals surface area contributed by atoms with Gasteiger partial charge in [0.05, 0.1) is 11.9 Å². The molecule has 32 heavy (non-hydrogen) atoms. The van der Waals surface area contributed by atoms with Crippen LogP contribution in [0.4, 0.5) is 0 Å². The second-order valence-electron chi connectivity index (χ2n) is 8.22. The standard InChI is InChI=1S/C11H10O4.2C8H17.Sn/c12-10(13)7-9(11(14)15)6-8-4-2-1-3-5-8;2*1-3-5-7-8-6-4-2;/h1-5,7H,6H2,(H,12,13)(H,14,15);2*1,3-8H2,2H3;/q;;;+2/p-2/b9-7-;;;. The molecular formula is C27H42O4Sn. The van der Waals surface area contributed by atoms with Crippen LogP contribution in [-0.4, -0.2) is 33.1 Å². The Hall–Kier alpha value is -1.30. The molecule has 0 spiro atoms. The summed E-state index contributed by atoms with van der Waals surface area (Å²) in [4.78, 5) is 20.8. The van der Waals surface area contributed by atoms with Gasteiger partial charge in [0.25, 0.3) is 0 Å². The molecule has 0 aliphatic carbocycles. The molecule has 0 aromatic heterocycles. The number of carboxylic acid groups (broad SMARTS) is 2. The first-order valence-corrected chi connectivity index (χ1v) is 16.4. The maximum Gasteiger partial charge on any atom is 0.0678 e. The third kappa shape index (κ3) is 20.6. The van der Waals surface area contributed by atoms with Crippen LogP contribution >= 0.6 is 0 Å². The minimum atomic E-state index is -1.54. The van der Waals surface area contributed by atoms with Gasteiger partial charge in [-0.25, -0.2) is 0 Å². The zero-order valence-corrected chi connectivity index (χ0v) is 23.1. The molecule has 0 N–H and O–H groups in total. The number of carboxylic acids is 2. The molecule has 1 aromatic carbocycles. The van der Waals surface area contributed by atoms with Gasteiger partial charge in [-0.1, -0.05) is 30.3 Å². The number of hydrogen-bond acceptors (Lipinski definition) is 4. The van der Waals surface area contributed by atoms with E-state index in [0.717, 1.165) is 0 Å². The van der Waals surface area contributed by atoms with Crippen molar-refractivity contribution < 1.29 is 19.8 Å². The second kappa shape index (κ2) is 22.9. The third-order valence-corrected chi connectivity index (χ3v) is 9.24. The second-order valence-corrected chi connectivity index (χ2v) is 12.5. The van der Waals surface area contributed by atoms with E-state index in [-0.39, 0.29) is 33.1 Å². The van der Waals surface area contributed by atoms with Gasteiger partial charge in [-0.3, -0.25) is 0 Å². The maximum atomic E-state index is 10.6. The Bertz CT molecular complexity index is 599. The number of aliphatic carboxylic acids is 2. The Morgan fingerprint density at radius 3 is 1.66 bits per heavy atom. The summed E-state index contributed by atoms with van der Waals surface area (Å²) >= 11 is 0.0736. The Labute approximate surface area is 206 Å². The van der Waals surface area contributed by atoms with Crippen LogP contribution in [0.5, 0.6) is 0 Å². The predicted octanol–water partition coefficient (Wildman–Crippen LogP) is 4.90. The van der Waals surface area contributed by atoms with Gasteiger partial charge in [0.15, 0.2) is 0 Å². The molecule has 0 saturated heterocycles. The normalized spacial score (nSPS) is 10.8. The smallest absolute Gasteiger partial charge is 0.0678 e. The van der Waals surface area contributed by atoms with Gasteiger partial charge in [0, 0.05) is 0 Å². The zero-order valence-electron chi connectivity index (χ0n) is 20.2. The molecule has 0 aliphatic rings. The van der Waals surface area contributed by atoms with Gasteiger partial charge in [-0.2, -0.15) is 0 Å². The van der Waals surface area contributed by atoms with Crippen LogP contribution in [0.15, 0.2) is 42.0 Å². The van der Waals surface area contributed by atoms with Crippen LogP contribution in [0.3, 0.4) is 0 Å². The molecule has 4 nitrogen and oxygen atoms in total. The molecule has 0 fully saturated rings. The van der Waals surface area contributed by atoms with Crippen LogP contribution in [0, 0.1) is 0 Å². The average molecular weight is 549 g/mol. The summed E-state index contributed by atoms with van der Waals surface area (Å²) in [5.41, 5.74) is 0.399. The zero-order chi connectivity index (χ0) is 23.9. The largest absolute Gasteiger partial charge is 0.545 e. The predicted molar refractivity (Wildman–Crippen MR) is 130 cm³/mol. The van der Waals surface area contributed by atoms with E-state index in [1.54, 1.807) is 52.0 Å². The van der Waals surface area contributed by atoms with E-state index in [9.17, 15) is 19.8 Å². The summed E-state index contributed by atoms with van der Waals surface area (Å²) in [6, 6.07) is 8.66. The van der Waals surface area contributed by atoms with Crippen molar-refractivity contribution in [3.8, 4) is 0 Å². The molecule has 0 amide bonds. The molecular weight excluding hydrogens is 507 g/mol. The molecule has 0 unspecified atom stereocenters. The maximum absolute atomic E-state index is 10.6. The van der Waals surface area contributed by atoms with E-state index < -0.39 is 11.9 Å². The average Bonchev–Trinajstić information content (AvgIpc) is 2.77. The fourth-order valence-corrected chi connectivity index (χ4v) is 6.89. The Balaban J connectivity index is 0.000000604. The molecule has 0 bridgehead atoms. The fraction of sp³-hybridized carbons (Fsp3) is 0.630. The van der Waals surface area contributed by atoms with Crippen LogP contribution in [0.25, 0.3) is 0 Å². The number of carbonyl (C=O) groups excluding carboxylic acids is 2. The fourth-order valence-electron chi connectivity index (χ4n) is 3.33. The van der Waals surface area contributed by atoms with Crippen molar-refractivity contribution in [2.24, 2.45) is 0 Å². The van der Waals surface area contributed by atoms with Gasteiger partial charge in [-0.15, -0.1) is 0 Å². The van der Waals surface area contributed by atoms with Crippen molar-refractivity contribution in [3.63, 3.8) is 0 Å². The number of unbranched alkanes of at least 4 members (excludes halogenated alkanes) is 10. The topological polar surface area (TPSA) is 80.3 Å². The molecule has 5 heteroatoms. The van der Waals surface area contributed by atoms with E-state index in [1.807, 2.05) is 0 Å². The molecule has 1 rings (SSSR count). The summed E-state index contributed by atoms with van der Waals surface area (Å²) in [6.45, 7) is 4.60. The number of hydrogen-bond donors (Lipinski definition) is 0. The van der Waals surface area contributed by atoms with E-state index in [1.165, 1.54) is 64.2 Å². The van der Waals surface area contributed by atoms with Gasteiger partial charge >= 0.3 is 121 Å². The molecule has 0 radical (unpaired) electrons. The Morgan fingerprint density at radius 2 is 1.22 bits per heavy atom. The van der Waals surface area contributed by atoms with Crippen LogP contribution in [0.1, 0.15) is 96.5 Å². The Morgan fingerprint density at radius 1 is 0.750 bits per heavy atom. The first-order chi connectivity index (χ1) is 15.5. The van der Waals surface area contributed by atoms with Crippen molar-refractivity contribution in [1.29, 1.82) is 0 Å². The SMILES string of the molecule is CCCCCCC[CH2][Sn+2][CH2]CCCCCCC.O=C([O-])/C=C(/Cc1ccccc1)C(=O)[O-]. The number of carbonyl (C=O) groups is 2. The van der Waals surface area contributed by atoms with Crippen molar-refractivity contribution in [2.75, 3.05) is 0 Å². The summed E-state index contributed by atoms with van der Waals surface area (Å²) in [7, 11) is 0. The van der Waals surface area contributed by atoms with Gasteiger partial charge in [0.1, 0.15) is 0 Å². The summed E-state index contributed by atoms with van der Waals surface area (Å²) in [5.74, 6) is -3.03. The van der Waals surface area contributed by atoms with E-state index in [4.69, 9.17) is 0 Å². The third-order valence-electron chi connectivity index (χ3n) is 5.21. The first kappa shape index (κ1) is 30.7. The quantitative estimate of drug-likeness (QED) is 0.148. The van der Waals surface area contributed by atoms with Crippen LogP contribution in [0.2, 0.25) is 8.87 Å². The van der Waals surface area contributed by atoms with Crippen molar-refractivity contribution in [1.82, 2.24) is 0 Å². The number of benzene rings is 1. The minimum absolute atomic E-state index is 0.0111. The van der Waals surface area contributed by atoms with Gasteiger partial charge in [0.2, 0.25) is 0 Å². The molecule has 0 heterocycles. The number of rotatable bonds is 18. The van der Waals surface area contributed by atoms with Gasteiger partial charge in [-0.05, 0) is 23.6 Å². The molecule has 0 saturated carbocycles. The van der Waals surface area contributed by atoms with E-state index in [0.29, 0.717) is 11.6 Å².